The quantitative estimate of drug-likeness (QED) is 0.859. The van der Waals surface area contributed by atoms with Crippen molar-refractivity contribution in [3.05, 3.63) is 28.7 Å². The van der Waals surface area contributed by atoms with Gasteiger partial charge in [-0.05, 0) is 28.1 Å². The van der Waals surface area contributed by atoms with Gasteiger partial charge in [-0.25, -0.2) is 0 Å². The molecule has 19 heavy (non-hydrogen) atoms. The number of nitrogens with zero attached hydrogens (tertiary/aromatic N) is 1. The van der Waals surface area contributed by atoms with E-state index in [2.05, 4.69) is 21.2 Å². The van der Waals surface area contributed by atoms with Gasteiger partial charge >= 0.3 is 0 Å². The number of hydrogen-bond donors (Lipinski definition) is 2. The fraction of sp³-hybridized carbons (Fsp3) is 0.385. The topological polar surface area (TPSA) is 75.4 Å². The lowest BCUT2D eigenvalue weighted by molar-refractivity contribution is -0.136. The van der Waals surface area contributed by atoms with Crippen LogP contribution in [-0.2, 0) is 9.59 Å². The Morgan fingerprint density at radius 1 is 1.42 bits per heavy atom. The largest absolute Gasteiger partial charge is 0.336 e. The van der Waals surface area contributed by atoms with Gasteiger partial charge < -0.3 is 16.0 Å². The van der Waals surface area contributed by atoms with Crippen molar-refractivity contribution in [3.63, 3.8) is 0 Å². The van der Waals surface area contributed by atoms with Crippen molar-refractivity contribution >= 4 is 33.4 Å². The molecule has 2 amide bonds. The normalized spacial score (nSPS) is 11.8. The standard InChI is InChI=1S/C13H18BrN3O2/c1-9(7-15)13(19)17(2)8-12(18)16-11-6-4-3-5-10(11)14/h3-6,9H,7-8,15H2,1-2H3,(H,16,18). The summed E-state index contributed by atoms with van der Waals surface area (Å²) in [6, 6.07) is 7.30. The highest BCUT2D eigenvalue weighted by Crippen LogP contribution is 2.20. The molecule has 1 aromatic rings. The van der Waals surface area contributed by atoms with Crippen LogP contribution in [-0.4, -0.2) is 36.9 Å². The molecule has 0 bridgehead atoms. The van der Waals surface area contributed by atoms with E-state index >= 15 is 0 Å². The van der Waals surface area contributed by atoms with E-state index in [0.717, 1.165) is 4.47 Å². The Morgan fingerprint density at radius 3 is 2.63 bits per heavy atom. The summed E-state index contributed by atoms with van der Waals surface area (Å²) in [6.45, 7) is 2.02. The molecule has 0 heterocycles. The maximum absolute atomic E-state index is 11.8. The molecule has 0 aliphatic carbocycles. The molecule has 0 saturated carbocycles. The monoisotopic (exact) mass is 327 g/mol. The van der Waals surface area contributed by atoms with Gasteiger partial charge in [-0.15, -0.1) is 0 Å². The van der Waals surface area contributed by atoms with Gasteiger partial charge in [0, 0.05) is 24.0 Å². The van der Waals surface area contributed by atoms with E-state index in [1.54, 1.807) is 20.0 Å². The third-order valence-corrected chi connectivity index (χ3v) is 3.37. The second-order valence-corrected chi connectivity index (χ2v) is 5.21. The van der Waals surface area contributed by atoms with E-state index in [0.29, 0.717) is 5.69 Å². The first-order valence-corrected chi connectivity index (χ1v) is 6.74. The number of benzene rings is 1. The molecule has 3 N–H and O–H groups in total. The average Bonchev–Trinajstić information content (AvgIpc) is 2.39. The van der Waals surface area contributed by atoms with Crippen LogP contribution in [0.25, 0.3) is 0 Å². The lowest BCUT2D eigenvalue weighted by atomic mass is 10.1. The number of amides is 2. The number of likely N-dealkylation sites (N-methyl/N-ethyl adjacent to an activating group) is 1. The molecule has 1 rings (SSSR count). The van der Waals surface area contributed by atoms with Crippen molar-refractivity contribution in [2.45, 2.75) is 6.92 Å². The zero-order valence-corrected chi connectivity index (χ0v) is 12.6. The summed E-state index contributed by atoms with van der Waals surface area (Å²) in [7, 11) is 1.59. The van der Waals surface area contributed by atoms with Gasteiger partial charge in [0.2, 0.25) is 11.8 Å². The van der Waals surface area contributed by atoms with Crippen LogP contribution in [0.1, 0.15) is 6.92 Å². The molecule has 0 radical (unpaired) electrons. The summed E-state index contributed by atoms with van der Waals surface area (Å²) in [5.41, 5.74) is 6.11. The Hall–Kier alpha value is -1.40. The van der Waals surface area contributed by atoms with Crippen LogP contribution in [0.3, 0.4) is 0 Å². The number of halogens is 1. The molecule has 1 aromatic carbocycles. The van der Waals surface area contributed by atoms with Crippen LogP contribution in [0.4, 0.5) is 5.69 Å². The highest BCUT2D eigenvalue weighted by Gasteiger charge is 2.18. The summed E-state index contributed by atoms with van der Waals surface area (Å²) in [6.07, 6.45) is 0. The second kappa shape index (κ2) is 7.25. The highest BCUT2D eigenvalue weighted by atomic mass is 79.9. The number of carbonyl (C=O) groups excluding carboxylic acids is 2. The molecular weight excluding hydrogens is 310 g/mol. The SMILES string of the molecule is CC(CN)C(=O)N(C)CC(=O)Nc1ccccc1Br. The number of nitrogens with two attached hydrogens (primary N) is 1. The number of nitrogens with one attached hydrogen (secondary N) is 1. The second-order valence-electron chi connectivity index (χ2n) is 4.36. The van der Waals surface area contributed by atoms with Crippen LogP contribution in [0, 0.1) is 5.92 Å². The van der Waals surface area contributed by atoms with E-state index < -0.39 is 0 Å². The smallest absolute Gasteiger partial charge is 0.244 e. The number of rotatable bonds is 5. The maximum atomic E-state index is 11.8. The van der Waals surface area contributed by atoms with Crippen LogP contribution in [0.5, 0.6) is 0 Å². The number of anilines is 1. The maximum Gasteiger partial charge on any atom is 0.244 e. The van der Waals surface area contributed by atoms with Crippen molar-refractivity contribution in [2.24, 2.45) is 11.7 Å². The van der Waals surface area contributed by atoms with E-state index in [1.165, 1.54) is 4.90 Å². The molecule has 0 aromatic heterocycles. The van der Waals surface area contributed by atoms with Crippen molar-refractivity contribution in [1.29, 1.82) is 0 Å². The van der Waals surface area contributed by atoms with Crippen LogP contribution >= 0.6 is 15.9 Å². The van der Waals surface area contributed by atoms with E-state index in [-0.39, 0.29) is 30.8 Å². The Bertz CT molecular complexity index is 465. The molecule has 5 nitrogen and oxygen atoms in total. The summed E-state index contributed by atoms with van der Waals surface area (Å²) in [5, 5.41) is 2.74. The lowest BCUT2D eigenvalue weighted by Gasteiger charge is -2.20. The summed E-state index contributed by atoms with van der Waals surface area (Å²) in [5.74, 6) is -0.655. The zero-order chi connectivity index (χ0) is 14.4. The van der Waals surface area contributed by atoms with Crippen molar-refractivity contribution in [1.82, 2.24) is 4.90 Å². The minimum absolute atomic E-state index is 0.00447. The molecule has 0 aliphatic heterocycles. The van der Waals surface area contributed by atoms with Gasteiger partial charge in [0.15, 0.2) is 0 Å². The summed E-state index contributed by atoms with van der Waals surface area (Å²) >= 11 is 3.34. The van der Waals surface area contributed by atoms with E-state index in [4.69, 9.17) is 5.73 Å². The molecule has 1 unspecified atom stereocenters. The van der Waals surface area contributed by atoms with Crippen molar-refractivity contribution < 1.29 is 9.59 Å². The highest BCUT2D eigenvalue weighted by molar-refractivity contribution is 9.10. The van der Waals surface area contributed by atoms with Crippen LogP contribution in [0.15, 0.2) is 28.7 Å². The molecule has 6 heteroatoms. The molecule has 104 valence electrons. The Balaban J connectivity index is 2.56. The number of hydrogen-bond acceptors (Lipinski definition) is 3. The lowest BCUT2D eigenvalue weighted by Crippen LogP contribution is -2.39. The predicted molar refractivity (Wildman–Crippen MR) is 78.6 cm³/mol. The average molecular weight is 328 g/mol. The number of para-hydroxylation sites is 1. The summed E-state index contributed by atoms with van der Waals surface area (Å²) < 4.78 is 0.799. The Labute approximate surface area is 121 Å². The number of carbonyl (C=O) groups is 2. The summed E-state index contributed by atoms with van der Waals surface area (Å²) in [4.78, 5) is 25.0. The van der Waals surface area contributed by atoms with Gasteiger partial charge in [0.1, 0.15) is 0 Å². The Kier molecular flexibility index (Phi) is 5.98. The van der Waals surface area contributed by atoms with Crippen molar-refractivity contribution in [3.8, 4) is 0 Å². The first-order chi connectivity index (χ1) is 8.95. The van der Waals surface area contributed by atoms with Crippen LogP contribution in [0.2, 0.25) is 0 Å². The van der Waals surface area contributed by atoms with Gasteiger partial charge in [-0.1, -0.05) is 19.1 Å². The fourth-order valence-electron chi connectivity index (χ4n) is 1.52. The minimum atomic E-state index is -0.277. The third-order valence-electron chi connectivity index (χ3n) is 2.68. The van der Waals surface area contributed by atoms with Gasteiger partial charge in [-0.2, -0.15) is 0 Å². The molecule has 0 fully saturated rings. The molecule has 0 saturated heterocycles. The molecule has 0 aliphatic rings. The van der Waals surface area contributed by atoms with Gasteiger partial charge in [-0.3, -0.25) is 9.59 Å². The zero-order valence-electron chi connectivity index (χ0n) is 11.0. The third kappa shape index (κ3) is 4.65. The van der Waals surface area contributed by atoms with Crippen LogP contribution < -0.4 is 11.1 Å². The van der Waals surface area contributed by atoms with E-state index in [9.17, 15) is 9.59 Å². The Morgan fingerprint density at radius 2 is 2.05 bits per heavy atom. The first-order valence-electron chi connectivity index (χ1n) is 5.95. The molecular formula is C13H18BrN3O2. The molecule has 0 spiro atoms. The fourth-order valence-corrected chi connectivity index (χ4v) is 1.91. The van der Waals surface area contributed by atoms with E-state index in [1.807, 2.05) is 18.2 Å². The first kappa shape index (κ1) is 15.7. The van der Waals surface area contributed by atoms with Gasteiger partial charge in [0.05, 0.1) is 12.2 Å². The predicted octanol–water partition coefficient (Wildman–Crippen LogP) is 1.44. The van der Waals surface area contributed by atoms with Crippen molar-refractivity contribution in [2.75, 3.05) is 25.5 Å². The minimum Gasteiger partial charge on any atom is -0.336 e. The molecule has 1 atom stereocenters. The van der Waals surface area contributed by atoms with Gasteiger partial charge in [0.25, 0.3) is 0 Å².